The van der Waals surface area contributed by atoms with Gasteiger partial charge in [-0.05, 0) is 56.9 Å². The number of carbonyl (C=O) groups is 1. The Morgan fingerprint density at radius 1 is 1.45 bits per heavy atom. The van der Waals surface area contributed by atoms with Crippen molar-refractivity contribution < 1.29 is 9.53 Å². The van der Waals surface area contributed by atoms with Gasteiger partial charge in [0.15, 0.2) is 0 Å². The molecule has 1 atom stereocenters. The quantitative estimate of drug-likeness (QED) is 0.864. The standard InChI is InChI=1S/C15H17ClN2O2/c1-15(2,3)20-14(19)18-12-6-9-4-11(16)5-10(8-17)13(9)7-12/h4-5,12H,6-7H2,1-3H3,(H,18,19). The highest BCUT2D eigenvalue weighted by Crippen LogP contribution is 2.29. The number of fused-ring (bicyclic) bond motifs is 1. The van der Waals surface area contributed by atoms with Gasteiger partial charge in [-0.15, -0.1) is 0 Å². The summed E-state index contributed by atoms with van der Waals surface area (Å²) in [4.78, 5) is 11.8. The molecule has 0 aromatic heterocycles. The summed E-state index contributed by atoms with van der Waals surface area (Å²) in [7, 11) is 0. The Balaban J connectivity index is 2.07. The molecule has 1 aromatic rings. The van der Waals surface area contributed by atoms with Gasteiger partial charge in [-0.3, -0.25) is 0 Å². The van der Waals surface area contributed by atoms with Gasteiger partial charge in [0.25, 0.3) is 0 Å². The highest BCUT2D eigenvalue weighted by atomic mass is 35.5. The van der Waals surface area contributed by atoms with E-state index in [0.29, 0.717) is 23.4 Å². The van der Waals surface area contributed by atoms with Crippen molar-refractivity contribution in [2.75, 3.05) is 0 Å². The maximum absolute atomic E-state index is 11.8. The number of benzene rings is 1. The second kappa shape index (κ2) is 5.34. The summed E-state index contributed by atoms with van der Waals surface area (Å²) in [5, 5.41) is 12.5. The number of nitrogens with zero attached hydrogens (tertiary/aromatic N) is 1. The molecule has 0 saturated heterocycles. The zero-order valence-electron chi connectivity index (χ0n) is 11.8. The largest absolute Gasteiger partial charge is 0.444 e. The van der Waals surface area contributed by atoms with Crippen LogP contribution in [0.15, 0.2) is 12.1 Å². The Labute approximate surface area is 123 Å². The third-order valence-corrected chi connectivity index (χ3v) is 3.28. The first kappa shape index (κ1) is 14.7. The number of rotatable bonds is 1. The molecule has 0 bridgehead atoms. The fourth-order valence-electron chi connectivity index (χ4n) is 2.38. The van der Waals surface area contributed by atoms with E-state index < -0.39 is 11.7 Å². The molecule has 1 N–H and O–H groups in total. The summed E-state index contributed by atoms with van der Waals surface area (Å²) in [5.41, 5.74) is 2.06. The average molecular weight is 293 g/mol. The van der Waals surface area contributed by atoms with Gasteiger partial charge in [0.1, 0.15) is 5.60 Å². The summed E-state index contributed by atoms with van der Waals surface area (Å²) in [6.45, 7) is 5.47. The SMILES string of the molecule is CC(C)(C)OC(=O)NC1Cc2cc(Cl)cc(C#N)c2C1. The number of carbonyl (C=O) groups excluding carboxylic acids is 1. The van der Waals surface area contributed by atoms with Crippen molar-refractivity contribution in [3.63, 3.8) is 0 Å². The van der Waals surface area contributed by atoms with Crippen LogP contribution in [0.25, 0.3) is 0 Å². The van der Waals surface area contributed by atoms with E-state index in [4.69, 9.17) is 21.6 Å². The highest BCUT2D eigenvalue weighted by molar-refractivity contribution is 6.30. The maximum atomic E-state index is 11.8. The number of alkyl carbamates (subject to hydrolysis) is 1. The molecule has 20 heavy (non-hydrogen) atoms. The number of ether oxygens (including phenoxy) is 1. The lowest BCUT2D eigenvalue weighted by Crippen LogP contribution is -2.39. The van der Waals surface area contributed by atoms with Crippen LogP contribution < -0.4 is 5.32 Å². The number of nitriles is 1. The molecule has 0 aliphatic heterocycles. The Bertz CT molecular complexity index is 585. The minimum atomic E-state index is -0.517. The molecular formula is C15H17ClN2O2. The van der Waals surface area contributed by atoms with Crippen molar-refractivity contribution in [3.8, 4) is 6.07 Å². The Morgan fingerprint density at radius 3 is 2.75 bits per heavy atom. The van der Waals surface area contributed by atoms with Gasteiger partial charge >= 0.3 is 6.09 Å². The van der Waals surface area contributed by atoms with E-state index >= 15 is 0 Å². The third kappa shape index (κ3) is 3.43. The minimum Gasteiger partial charge on any atom is -0.444 e. The molecule has 0 spiro atoms. The van der Waals surface area contributed by atoms with Gasteiger partial charge in [-0.1, -0.05) is 11.6 Å². The number of hydrogen-bond acceptors (Lipinski definition) is 3. The number of amides is 1. The molecule has 1 aromatic carbocycles. The summed E-state index contributed by atoms with van der Waals surface area (Å²) in [6, 6.07) is 5.62. The second-order valence-corrected chi connectivity index (χ2v) is 6.39. The normalized spacial score (nSPS) is 17.2. The summed E-state index contributed by atoms with van der Waals surface area (Å²) < 4.78 is 5.24. The van der Waals surface area contributed by atoms with Gasteiger partial charge in [0, 0.05) is 11.1 Å². The van der Waals surface area contributed by atoms with E-state index in [1.807, 2.05) is 26.8 Å². The fraction of sp³-hybridized carbons (Fsp3) is 0.467. The van der Waals surface area contributed by atoms with Crippen LogP contribution in [-0.2, 0) is 17.6 Å². The molecule has 1 amide bonds. The van der Waals surface area contributed by atoms with Crippen molar-refractivity contribution in [2.24, 2.45) is 0 Å². The van der Waals surface area contributed by atoms with E-state index in [9.17, 15) is 4.79 Å². The molecule has 0 radical (unpaired) electrons. The zero-order valence-corrected chi connectivity index (χ0v) is 12.5. The van der Waals surface area contributed by atoms with Crippen LogP contribution in [0.2, 0.25) is 5.02 Å². The van der Waals surface area contributed by atoms with E-state index in [0.717, 1.165) is 11.1 Å². The van der Waals surface area contributed by atoms with Crippen molar-refractivity contribution in [1.82, 2.24) is 5.32 Å². The molecule has 4 nitrogen and oxygen atoms in total. The molecule has 0 fully saturated rings. The predicted octanol–water partition coefficient (Wildman–Crippen LogP) is 3.20. The molecule has 0 heterocycles. The number of hydrogen-bond donors (Lipinski definition) is 1. The molecule has 1 aliphatic carbocycles. The number of nitrogens with one attached hydrogen (secondary N) is 1. The van der Waals surface area contributed by atoms with Crippen molar-refractivity contribution in [2.45, 2.75) is 45.3 Å². The van der Waals surface area contributed by atoms with Gasteiger partial charge in [-0.25, -0.2) is 4.79 Å². The predicted molar refractivity (Wildman–Crippen MR) is 76.7 cm³/mol. The van der Waals surface area contributed by atoms with Crippen molar-refractivity contribution in [3.05, 3.63) is 33.8 Å². The molecule has 1 aliphatic rings. The van der Waals surface area contributed by atoms with Gasteiger partial charge in [-0.2, -0.15) is 5.26 Å². The summed E-state index contributed by atoms with van der Waals surface area (Å²) >= 11 is 5.98. The smallest absolute Gasteiger partial charge is 0.407 e. The summed E-state index contributed by atoms with van der Waals surface area (Å²) in [5.74, 6) is 0. The van der Waals surface area contributed by atoms with Crippen LogP contribution in [0, 0.1) is 11.3 Å². The molecular weight excluding hydrogens is 276 g/mol. The van der Waals surface area contributed by atoms with E-state index in [1.54, 1.807) is 6.07 Å². The zero-order chi connectivity index (χ0) is 14.9. The highest BCUT2D eigenvalue weighted by Gasteiger charge is 2.27. The number of halogens is 1. The average Bonchev–Trinajstić information content (AvgIpc) is 2.66. The topological polar surface area (TPSA) is 62.1 Å². The minimum absolute atomic E-state index is 0.0505. The first-order valence-electron chi connectivity index (χ1n) is 6.49. The van der Waals surface area contributed by atoms with E-state index in [-0.39, 0.29) is 6.04 Å². The first-order valence-corrected chi connectivity index (χ1v) is 6.87. The fourth-order valence-corrected chi connectivity index (χ4v) is 2.62. The van der Waals surface area contributed by atoms with E-state index in [1.165, 1.54) is 0 Å². The Morgan fingerprint density at radius 2 is 2.15 bits per heavy atom. The molecule has 106 valence electrons. The first-order chi connectivity index (χ1) is 9.28. The van der Waals surface area contributed by atoms with Crippen molar-refractivity contribution >= 4 is 17.7 Å². The van der Waals surface area contributed by atoms with Gasteiger partial charge in [0.2, 0.25) is 0 Å². The van der Waals surface area contributed by atoms with Crippen LogP contribution in [0.4, 0.5) is 4.79 Å². The van der Waals surface area contributed by atoms with E-state index in [2.05, 4.69) is 11.4 Å². The van der Waals surface area contributed by atoms with Gasteiger partial charge < -0.3 is 10.1 Å². The van der Waals surface area contributed by atoms with Gasteiger partial charge in [0.05, 0.1) is 11.6 Å². The summed E-state index contributed by atoms with van der Waals surface area (Å²) in [6.07, 6.45) is 0.873. The van der Waals surface area contributed by atoms with Crippen LogP contribution in [-0.4, -0.2) is 17.7 Å². The van der Waals surface area contributed by atoms with Crippen LogP contribution >= 0.6 is 11.6 Å². The van der Waals surface area contributed by atoms with Crippen molar-refractivity contribution in [1.29, 1.82) is 5.26 Å². The Kier molecular flexibility index (Phi) is 3.92. The lowest BCUT2D eigenvalue weighted by atomic mass is 10.0. The molecule has 0 saturated carbocycles. The maximum Gasteiger partial charge on any atom is 0.407 e. The van der Waals surface area contributed by atoms with Crippen LogP contribution in [0.3, 0.4) is 0 Å². The molecule has 1 unspecified atom stereocenters. The van der Waals surface area contributed by atoms with Crippen LogP contribution in [0.5, 0.6) is 0 Å². The Hall–Kier alpha value is -1.73. The lowest BCUT2D eigenvalue weighted by Gasteiger charge is -2.21. The monoisotopic (exact) mass is 292 g/mol. The lowest BCUT2D eigenvalue weighted by molar-refractivity contribution is 0.0506. The third-order valence-electron chi connectivity index (χ3n) is 3.07. The van der Waals surface area contributed by atoms with Crippen LogP contribution in [0.1, 0.15) is 37.5 Å². The molecule has 5 heteroatoms. The molecule has 2 rings (SSSR count). The second-order valence-electron chi connectivity index (χ2n) is 5.95.